The zero-order valence-corrected chi connectivity index (χ0v) is 15.6. The van der Waals surface area contributed by atoms with Gasteiger partial charge >= 0.3 is 0 Å². The van der Waals surface area contributed by atoms with Gasteiger partial charge < -0.3 is 14.4 Å². The van der Waals surface area contributed by atoms with Gasteiger partial charge in [-0.2, -0.15) is 4.98 Å². The molecule has 0 fully saturated rings. The molecule has 0 bridgehead atoms. The van der Waals surface area contributed by atoms with Crippen molar-refractivity contribution in [3.05, 3.63) is 40.5 Å². The van der Waals surface area contributed by atoms with Crippen molar-refractivity contribution in [2.24, 2.45) is 0 Å². The van der Waals surface area contributed by atoms with Gasteiger partial charge in [-0.1, -0.05) is 41.6 Å². The lowest BCUT2D eigenvalue weighted by Crippen LogP contribution is -2.35. The van der Waals surface area contributed by atoms with Crippen molar-refractivity contribution in [3.8, 4) is 11.6 Å². The summed E-state index contributed by atoms with van der Waals surface area (Å²) in [7, 11) is 1.62. The number of amides is 1. The molecule has 0 N–H and O–H groups in total. The predicted molar refractivity (Wildman–Crippen MR) is 96.7 cm³/mol. The van der Waals surface area contributed by atoms with Crippen LogP contribution in [-0.4, -0.2) is 47.3 Å². The molecule has 0 spiro atoms. The molecule has 1 aliphatic rings. The third-order valence-corrected chi connectivity index (χ3v) is 4.68. The number of rotatable bonds is 4. The highest BCUT2D eigenvalue weighted by Crippen LogP contribution is 2.30. The molecule has 8 heteroatoms. The van der Waals surface area contributed by atoms with E-state index in [1.807, 2.05) is 30.5 Å². The van der Waals surface area contributed by atoms with E-state index >= 15 is 0 Å². The molecule has 25 heavy (non-hydrogen) atoms. The maximum atomic E-state index is 13.0. The van der Waals surface area contributed by atoms with Crippen molar-refractivity contribution in [1.82, 2.24) is 14.9 Å². The minimum Gasteiger partial charge on any atom is -0.496 e. The number of fused-ring (bicyclic) bond motifs is 1. The summed E-state index contributed by atoms with van der Waals surface area (Å²) in [5.41, 5.74) is 1.15. The standard InChI is InChI=1S/C17H18ClN3O3S/c1-23-12-7-4-3-6-11(12)10-21-8-5-9-24-15-13(16(21)22)14(18)19-17(20-15)25-2/h3-4,6-7H,5,8-10H2,1-2H3. The molecule has 0 atom stereocenters. The van der Waals surface area contributed by atoms with Crippen molar-refractivity contribution in [2.75, 3.05) is 26.5 Å². The molecule has 0 saturated carbocycles. The molecule has 1 aromatic carbocycles. The van der Waals surface area contributed by atoms with Crippen LogP contribution in [0.4, 0.5) is 0 Å². The number of thioether (sulfide) groups is 1. The van der Waals surface area contributed by atoms with Crippen molar-refractivity contribution in [3.63, 3.8) is 0 Å². The summed E-state index contributed by atoms with van der Waals surface area (Å²) in [6.07, 6.45) is 2.55. The first-order valence-electron chi connectivity index (χ1n) is 7.79. The Hall–Kier alpha value is -1.99. The normalized spacial score (nSPS) is 14.4. The lowest BCUT2D eigenvalue weighted by atomic mass is 10.1. The second kappa shape index (κ2) is 7.93. The molecule has 132 valence electrons. The second-order valence-electron chi connectivity index (χ2n) is 5.42. The number of hydrogen-bond acceptors (Lipinski definition) is 6. The number of methoxy groups -OCH3 is 1. The predicted octanol–water partition coefficient (Wildman–Crippen LogP) is 3.29. The Morgan fingerprint density at radius 3 is 2.92 bits per heavy atom. The van der Waals surface area contributed by atoms with Crippen LogP contribution in [0.25, 0.3) is 0 Å². The summed E-state index contributed by atoms with van der Waals surface area (Å²) >= 11 is 7.61. The number of carbonyl (C=O) groups is 1. The van der Waals surface area contributed by atoms with E-state index in [1.165, 1.54) is 11.8 Å². The van der Waals surface area contributed by atoms with Crippen LogP contribution in [-0.2, 0) is 6.54 Å². The molecule has 0 radical (unpaired) electrons. The fourth-order valence-electron chi connectivity index (χ4n) is 2.65. The van der Waals surface area contributed by atoms with E-state index in [4.69, 9.17) is 21.1 Å². The molecule has 1 aliphatic heterocycles. The van der Waals surface area contributed by atoms with Gasteiger partial charge in [-0.3, -0.25) is 4.79 Å². The minimum absolute atomic E-state index is 0.117. The molecule has 2 heterocycles. The first-order chi connectivity index (χ1) is 12.1. The smallest absolute Gasteiger partial charge is 0.262 e. The summed E-state index contributed by atoms with van der Waals surface area (Å²) in [6, 6.07) is 7.64. The third kappa shape index (κ3) is 3.82. The number of aromatic nitrogens is 2. The van der Waals surface area contributed by atoms with Gasteiger partial charge in [0.2, 0.25) is 5.88 Å². The average Bonchev–Trinajstić information content (AvgIpc) is 2.62. The maximum Gasteiger partial charge on any atom is 0.262 e. The van der Waals surface area contributed by atoms with Crippen molar-refractivity contribution in [1.29, 1.82) is 0 Å². The van der Waals surface area contributed by atoms with Crippen LogP contribution >= 0.6 is 23.4 Å². The largest absolute Gasteiger partial charge is 0.496 e. The Morgan fingerprint density at radius 1 is 1.36 bits per heavy atom. The number of carbonyl (C=O) groups excluding carboxylic acids is 1. The zero-order chi connectivity index (χ0) is 17.8. The van der Waals surface area contributed by atoms with Gasteiger partial charge in [0, 0.05) is 18.7 Å². The number of hydrogen-bond donors (Lipinski definition) is 0. The Labute approximate surface area is 155 Å². The van der Waals surface area contributed by atoms with Crippen molar-refractivity contribution >= 4 is 29.3 Å². The Kier molecular flexibility index (Phi) is 5.65. The highest BCUT2D eigenvalue weighted by atomic mass is 35.5. The number of para-hydroxylation sites is 1. The third-order valence-electron chi connectivity index (χ3n) is 3.86. The first kappa shape index (κ1) is 17.8. The molecule has 0 unspecified atom stereocenters. The van der Waals surface area contributed by atoms with Gasteiger partial charge in [0.05, 0.1) is 13.7 Å². The van der Waals surface area contributed by atoms with E-state index in [1.54, 1.807) is 12.0 Å². The topological polar surface area (TPSA) is 64.6 Å². The monoisotopic (exact) mass is 379 g/mol. The van der Waals surface area contributed by atoms with Crippen LogP contribution in [0.5, 0.6) is 11.6 Å². The fourth-order valence-corrected chi connectivity index (χ4v) is 3.29. The van der Waals surface area contributed by atoms with E-state index in [0.29, 0.717) is 31.3 Å². The summed E-state index contributed by atoms with van der Waals surface area (Å²) in [6.45, 7) is 1.43. The Balaban J connectivity index is 1.96. The molecule has 1 amide bonds. The van der Waals surface area contributed by atoms with Crippen molar-refractivity contribution in [2.45, 2.75) is 18.1 Å². The van der Waals surface area contributed by atoms with Gasteiger partial charge in [0.1, 0.15) is 16.5 Å². The highest BCUT2D eigenvalue weighted by Gasteiger charge is 2.28. The van der Waals surface area contributed by atoms with Crippen LogP contribution in [0.2, 0.25) is 5.15 Å². The van der Waals surface area contributed by atoms with Gasteiger partial charge in [0.15, 0.2) is 5.16 Å². The van der Waals surface area contributed by atoms with Gasteiger partial charge in [-0.05, 0) is 18.7 Å². The lowest BCUT2D eigenvalue weighted by Gasteiger charge is -2.27. The summed E-state index contributed by atoms with van der Waals surface area (Å²) < 4.78 is 11.0. The molecule has 0 saturated heterocycles. The zero-order valence-electron chi connectivity index (χ0n) is 14.0. The molecule has 6 nitrogen and oxygen atoms in total. The fraction of sp³-hybridized carbons (Fsp3) is 0.353. The van der Waals surface area contributed by atoms with Crippen LogP contribution in [0, 0.1) is 0 Å². The van der Waals surface area contributed by atoms with E-state index in [2.05, 4.69) is 9.97 Å². The van der Waals surface area contributed by atoms with Gasteiger partial charge in [0.25, 0.3) is 5.91 Å². The van der Waals surface area contributed by atoms with E-state index < -0.39 is 0 Å². The van der Waals surface area contributed by atoms with Gasteiger partial charge in [-0.25, -0.2) is 4.98 Å². The Morgan fingerprint density at radius 2 is 2.16 bits per heavy atom. The van der Waals surface area contributed by atoms with Gasteiger partial charge in [-0.15, -0.1) is 0 Å². The number of benzene rings is 1. The molecule has 1 aromatic heterocycles. The van der Waals surface area contributed by atoms with E-state index in [9.17, 15) is 4.79 Å². The average molecular weight is 380 g/mol. The van der Waals surface area contributed by atoms with Crippen LogP contribution in [0.3, 0.4) is 0 Å². The summed E-state index contributed by atoms with van der Waals surface area (Å²) in [5.74, 6) is 0.756. The maximum absolute atomic E-state index is 13.0. The lowest BCUT2D eigenvalue weighted by molar-refractivity contribution is 0.0708. The molecule has 0 aliphatic carbocycles. The highest BCUT2D eigenvalue weighted by molar-refractivity contribution is 7.98. The number of nitrogens with zero attached hydrogens (tertiary/aromatic N) is 3. The molecular weight excluding hydrogens is 362 g/mol. The molecular formula is C17H18ClN3O3S. The summed E-state index contributed by atoms with van der Waals surface area (Å²) in [4.78, 5) is 23.2. The van der Waals surface area contributed by atoms with Crippen LogP contribution in [0.1, 0.15) is 22.3 Å². The van der Waals surface area contributed by atoms with E-state index in [0.717, 1.165) is 11.3 Å². The first-order valence-corrected chi connectivity index (χ1v) is 9.39. The number of halogens is 1. The SMILES string of the molecule is COc1ccccc1CN1CCCOc2nc(SC)nc(Cl)c2C1=O. The van der Waals surface area contributed by atoms with Crippen molar-refractivity contribution < 1.29 is 14.3 Å². The molecule has 2 aromatic rings. The second-order valence-corrected chi connectivity index (χ2v) is 6.55. The van der Waals surface area contributed by atoms with Crippen LogP contribution < -0.4 is 9.47 Å². The van der Waals surface area contributed by atoms with E-state index in [-0.39, 0.29) is 22.5 Å². The Bertz CT molecular complexity index is 788. The molecule has 3 rings (SSSR count). The summed E-state index contributed by atoms with van der Waals surface area (Å²) in [5, 5.41) is 0.597. The quantitative estimate of drug-likeness (QED) is 0.461. The minimum atomic E-state index is -0.238. The number of ether oxygens (including phenoxy) is 2. The van der Waals surface area contributed by atoms with Crippen LogP contribution in [0.15, 0.2) is 29.4 Å².